The van der Waals surface area contributed by atoms with Gasteiger partial charge in [0.1, 0.15) is 13.2 Å². The van der Waals surface area contributed by atoms with E-state index in [0.717, 1.165) is 109 Å². The van der Waals surface area contributed by atoms with E-state index in [-0.39, 0.29) is 37.5 Å². The molecule has 0 aromatic rings. The predicted octanol–water partition coefficient (Wildman–Crippen LogP) is 19.6. The van der Waals surface area contributed by atoms with Gasteiger partial charge in [0.05, 0.1) is 0 Å². The van der Waals surface area contributed by atoms with Crippen LogP contribution in [-0.4, -0.2) is 37.2 Å². The number of hydrogen-bond acceptors (Lipinski definition) is 6. The molecule has 72 heavy (non-hydrogen) atoms. The van der Waals surface area contributed by atoms with Gasteiger partial charge in [0.2, 0.25) is 0 Å². The third-order valence-electron chi connectivity index (χ3n) is 11.6. The first-order valence-electron chi connectivity index (χ1n) is 28.9. The third-order valence-corrected chi connectivity index (χ3v) is 11.6. The molecule has 0 amide bonds. The summed E-state index contributed by atoms with van der Waals surface area (Å²) in [6.07, 6.45) is 84.2. The number of ether oxygens (including phenoxy) is 3. The molecule has 0 aromatic heterocycles. The van der Waals surface area contributed by atoms with E-state index in [1.54, 1.807) is 0 Å². The Labute approximate surface area is 442 Å². The van der Waals surface area contributed by atoms with E-state index in [1.165, 1.54) is 77.0 Å². The standard InChI is InChI=1S/C66H104O6/c1-4-7-10-13-16-19-22-25-28-31-33-35-38-41-44-47-50-53-56-59-65(68)71-62-63(61-70-64(67)58-55-52-49-46-43-40-37-30-27-24-21-18-15-12-9-6-3)72-66(69)60-57-54-51-48-45-42-39-36-34-32-29-26-23-20-17-14-11-8-5-2/h7,9-10,12,16-21,23,25-28,30,33,35,40-41,43-44,49,52,63H,4-6,8,11,13-15,22,24,29,31-32,34,36-39,42,45-48,50-51,53-62H2,1-3H3/b10-7-,12-9-,19-16-,20-17-,21-18-,26-23-,28-25-,30-27-,35-33-,43-40-,44-41-,52-49-. The van der Waals surface area contributed by atoms with Crippen LogP contribution in [0.2, 0.25) is 0 Å². The first-order valence-corrected chi connectivity index (χ1v) is 28.9. The largest absolute Gasteiger partial charge is 0.462 e. The Hall–Kier alpha value is -4.71. The monoisotopic (exact) mass is 993 g/mol. The van der Waals surface area contributed by atoms with Crippen molar-refractivity contribution in [2.45, 2.75) is 239 Å². The van der Waals surface area contributed by atoms with Gasteiger partial charge in [-0.1, -0.05) is 237 Å². The molecule has 6 heteroatoms. The fourth-order valence-corrected chi connectivity index (χ4v) is 7.33. The maximum absolute atomic E-state index is 12.9. The van der Waals surface area contributed by atoms with Gasteiger partial charge >= 0.3 is 17.9 Å². The highest BCUT2D eigenvalue weighted by atomic mass is 16.6. The zero-order valence-corrected chi connectivity index (χ0v) is 46.1. The second kappa shape index (κ2) is 58.9. The first kappa shape index (κ1) is 67.3. The van der Waals surface area contributed by atoms with E-state index in [2.05, 4.69) is 154 Å². The molecule has 0 aromatic carbocycles. The number of allylic oxidation sites excluding steroid dienone is 24. The summed E-state index contributed by atoms with van der Waals surface area (Å²) in [6.45, 7) is 6.28. The van der Waals surface area contributed by atoms with Gasteiger partial charge in [-0.15, -0.1) is 0 Å². The second-order valence-electron chi connectivity index (χ2n) is 18.5. The van der Waals surface area contributed by atoms with Crippen molar-refractivity contribution in [3.63, 3.8) is 0 Å². The predicted molar refractivity (Wildman–Crippen MR) is 311 cm³/mol. The molecule has 0 aliphatic carbocycles. The Balaban J connectivity index is 4.57. The molecule has 1 unspecified atom stereocenters. The molecular formula is C66H104O6. The van der Waals surface area contributed by atoms with Crippen LogP contribution >= 0.6 is 0 Å². The highest BCUT2D eigenvalue weighted by Crippen LogP contribution is 2.14. The molecule has 0 saturated heterocycles. The number of unbranched alkanes of at least 4 members (excludes halogenated alkanes) is 16. The summed E-state index contributed by atoms with van der Waals surface area (Å²) in [6, 6.07) is 0. The van der Waals surface area contributed by atoms with E-state index >= 15 is 0 Å². The molecule has 0 bridgehead atoms. The van der Waals surface area contributed by atoms with Crippen LogP contribution in [0, 0.1) is 0 Å². The van der Waals surface area contributed by atoms with Crippen LogP contribution in [0.5, 0.6) is 0 Å². The number of hydrogen-bond donors (Lipinski definition) is 0. The fourth-order valence-electron chi connectivity index (χ4n) is 7.33. The number of esters is 3. The molecule has 0 fully saturated rings. The Bertz CT molecular complexity index is 1610. The fraction of sp³-hybridized carbons (Fsp3) is 0.591. The average Bonchev–Trinajstić information content (AvgIpc) is 3.38. The van der Waals surface area contributed by atoms with Gasteiger partial charge in [0.15, 0.2) is 6.10 Å². The van der Waals surface area contributed by atoms with Gasteiger partial charge in [-0.3, -0.25) is 14.4 Å². The van der Waals surface area contributed by atoms with E-state index in [1.807, 2.05) is 12.2 Å². The van der Waals surface area contributed by atoms with Crippen LogP contribution < -0.4 is 0 Å². The van der Waals surface area contributed by atoms with Crippen molar-refractivity contribution >= 4 is 17.9 Å². The lowest BCUT2D eigenvalue weighted by atomic mass is 10.1. The molecule has 0 heterocycles. The molecule has 0 N–H and O–H groups in total. The molecule has 0 spiro atoms. The Kier molecular flexibility index (Phi) is 55.0. The van der Waals surface area contributed by atoms with Crippen molar-refractivity contribution < 1.29 is 28.6 Å². The van der Waals surface area contributed by atoms with Crippen molar-refractivity contribution in [1.82, 2.24) is 0 Å². The summed E-state index contributed by atoms with van der Waals surface area (Å²) in [5.74, 6) is -1.05. The minimum Gasteiger partial charge on any atom is -0.462 e. The highest BCUT2D eigenvalue weighted by Gasteiger charge is 2.19. The summed E-state index contributed by atoms with van der Waals surface area (Å²) in [5.41, 5.74) is 0. The Morgan fingerprint density at radius 1 is 0.306 bits per heavy atom. The van der Waals surface area contributed by atoms with Crippen LogP contribution in [-0.2, 0) is 28.6 Å². The van der Waals surface area contributed by atoms with Crippen LogP contribution in [0.1, 0.15) is 233 Å². The van der Waals surface area contributed by atoms with E-state index in [4.69, 9.17) is 14.2 Å². The topological polar surface area (TPSA) is 78.9 Å². The van der Waals surface area contributed by atoms with Crippen molar-refractivity contribution in [1.29, 1.82) is 0 Å². The van der Waals surface area contributed by atoms with Gasteiger partial charge in [-0.2, -0.15) is 0 Å². The number of carbonyl (C=O) groups is 3. The smallest absolute Gasteiger partial charge is 0.306 e. The van der Waals surface area contributed by atoms with E-state index < -0.39 is 6.10 Å². The summed E-state index contributed by atoms with van der Waals surface area (Å²) in [7, 11) is 0. The lowest BCUT2D eigenvalue weighted by Crippen LogP contribution is -2.30. The molecule has 0 radical (unpaired) electrons. The van der Waals surface area contributed by atoms with Crippen molar-refractivity contribution in [2.24, 2.45) is 0 Å². The summed E-state index contributed by atoms with van der Waals surface area (Å²) >= 11 is 0. The lowest BCUT2D eigenvalue weighted by Gasteiger charge is -2.18. The van der Waals surface area contributed by atoms with Crippen LogP contribution in [0.25, 0.3) is 0 Å². The van der Waals surface area contributed by atoms with E-state index in [0.29, 0.717) is 19.3 Å². The molecule has 0 aliphatic heterocycles. The van der Waals surface area contributed by atoms with E-state index in [9.17, 15) is 14.4 Å². The molecular weight excluding hydrogens is 889 g/mol. The highest BCUT2D eigenvalue weighted by molar-refractivity contribution is 5.71. The SMILES string of the molecule is CC/C=C\C/C=C\C/C=C\C/C=C\C/C=C\CCCCCC(=O)OCC(COC(=O)CC/C=C\C/C=C\C/C=C\C/C=C\C/C=C\CC)OC(=O)CCCCCCCCCCCC/C=C\C=C/CCCCC. The quantitative estimate of drug-likeness (QED) is 0.0199. The first-order chi connectivity index (χ1) is 35.5. The van der Waals surface area contributed by atoms with Crippen LogP contribution in [0.15, 0.2) is 146 Å². The van der Waals surface area contributed by atoms with Gasteiger partial charge in [0.25, 0.3) is 0 Å². The van der Waals surface area contributed by atoms with Crippen LogP contribution in [0.4, 0.5) is 0 Å². The zero-order valence-electron chi connectivity index (χ0n) is 46.1. The zero-order chi connectivity index (χ0) is 52.2. The van der Waals surface area contributed by atoms with Gasteiger partial charge in [0, 0.05) is 19.3 Å². The normalized spacial score (nSPS) is 13.2. The summed E-state index contributed by atoms with van der Waals surface area (Å²) in [5, 5.41) is 0. The molecule has 0 rings (SSSR count). The van der Waals surface area contributed by atoms with Gasteiger partial charge in [-0.25, -0.2) is 0 Å². The van der Waals surface area contributed by atoms with Gasteiger partial charge < -0.3 is 14.2 Å². The summed E-state index contributed by atoms with van der Waals surface area (Å²) < 4.78 is 16.8. The summed E-state index contributed by atoms with van der Waals surface area (Å²) in [4.78, 5) is 38.2. The lowest BCUT2D eigenvalue weighted by molar-refractivity contribution is -0.166. The number of carbonyl (C=O) groups excluding carboxylic acids is 3. The Morgan fingerprint density at radius 3 is 1.03 bits per heavy atom. The molecule has 0 saturated carbocycles. The molecule has 404 valence electrons. The molecule has 6 nitrogen and oxygen atoms in total. The van der Waals surface area contributed by atoms with Crippen molar-refractivity contribution in [3.05, 3.63) is 146 Å². The third kappa shape index (κ3) is 56.2. The minimum atomic E-state index is -0.831. The maximum Gasteiger partial charge on any atom is 0.306 e. The minimum absolute atomic E-state index is 0.125. The van der Waals surface area contributed by atoms with Gasteiger partial charge in [-0.05, 0) is 122 Å². The number of rotatable bonds is 50. The Morgan fingerprint density at radius 2 is 0.611 bits per heavy atom. The molecule has 1 atom stereocenters. The average molecular weight is 994 g/mol. The maximum atomic E-state index is 12.9. The van der Waals surface area contributed by atoms with Crippen molar-refractivity contribution in [3.8, 4) is 0 Å². The van der Waals surface area contributed by atoms with Crippen LogP contribution in [0.3, 0.4) is 0 Å². The second-order valence-corrected chi connectivity index (χ2v) is 18.5. The molecule has 0 aliphatic rings. The van der Waals surface area contributed by atoms with Crippen molar-refractivity contribution in [2.75, 3.05) is 13.2 Å².